The van der Waals surface area contributed by atoms with Gasteiger partial charge in [0.2, 0.25) is 5.91 Å². The van der Waals surface area contributed by atoms with Crippen LogP contribution in [0.25, 0.3) is 0 Å². The van der Waals surface area contributed by atoms with Gasteiger partial charge in [-0.25, -0.2) is 13.6 Å². The number of cyclic esters (lactones) is 1. The Kier molecular flexibility index (Phi) is 4.66. The summed E-state index contributed by atoms with van der Waals surface area (Å²) in [6.07, 6.45) is -0.224. The van der Waals surface area contributed by atoms with E-state index >= 15 is 0 Å². The molecule has 0 N–H and O–H groups in total. The Hall–Kier alpha value is -2.91. The second kappa shape index (κ2) is 6.77. The Balaban J connectivity index is 1.85. The number of anilines is 2. The zero-order chi connectivity index (χ0) is 19.0. The predicted molar refractivity (Wildman–Crippen MR) is 90.9 cm³/mol. The zero-order valence-corrected chi connectivity index (χ0v) is 14.6. The number of likely N-dealkylation sites (N-methyl/N-ethyl adjacent to an activating group) is 2. The van der Waals surface area contributed by atoms with Gasteiger partial charge in [0.1, 0.15) is 12.0 Å². The van der Waals surface area contributed by atoms with Crippen LogP contribution in [0.2, 0.25) is 0 Å². The SMILES string of the molecule is CC(=O)N(C)[C@@H]1CN(c2cc(F)c(N3C=NN(C)CC3)c(F)c2)C(=O)O1. The highest BCUT2D eigenvalue weighted by molar-refractivity contribution is 5.91. The van der Waals surface area contributed by atoms with E-state index < -0.39 is 24.0 Å². The second-order valence-electron chi connectivity index (χ2n) is 6.14. The molecule has 0 saturated carbocycles. The molecule has 1 atom stereocenters. The minimum atomic E-state index is -0.813. The average Bonchev–Trinajstić information content (AvgIpc) is 2.96. The molecular formula is C16H19F2N5O3. The molecule has 0 aliphatic carbocycles. The Morgan fingerprint density at radius 1 is 1.31 bits per heavy atom. The lowest BCUT2D eigenvalue weighted by molar-refractivity contribution is -0.134. The molecule has 3 rings (SSSR count). The molecule has 0 spiro atoms. The summed E-state index contributed by atoms with van der Waals surface area (Å²) in [5, 5.41) is 5.67. The first-order valence-electron chi connectivity index (χ1n) is 8.00. The molecule has 1 aromatic carbocycles. The lowest BCUT2D eigenvalue weighted by Gasteiger charge is -2.28. The van der Waals surface area contributed by atoms with E-state index in [4.69, 9.17) is 4.74 Å². The predicted octanol–water partition coefficient (Wildman–Crippen LogP) is 1.42. The van der Waals surface area contributed by atoms with Crippen molar-refractivity contribution < 1.29 is 23.1 Å². The number of carbonyl (C=O) groups excluding carboxylic acids is 2. The summed E-state index contributed by atoms with van der Waals surface area (Å²) >= 11 is 0. The van der Waals surface area contributed by atoms with E-state index in [1.165, 1.54) is 30.1 Å². The molecule has 2 amide bonds. The molecule has 8 nitrogen and oxygen atoms in total. The minimum absolute atomic E-state index is 0.0108. The zero-order valence-electron chi connectivity index (χ0n) is 14.6. The first kappa shape index (κ1) is 17.9. The number of benzene rings is 1. The molecule has 1 saturated heterocycles. The van der Waals surface area contributed by atoms with Gasteiger partial charge in [0, 0.05) is 39.7 Å². The molecular weight excluding hydrogens is 348 g/mol. The van der Waals surface area contributed by atoms with Gasteiger partial charge in [0.25, 0.3) is 0 Å². The minimum Gasteiger partial charge on any atom is -0.423 e. The van der Waals surface area contributed by atoms with Crippen molar-refractivity contribution in [2.75, 3.05) is 43.5 Å². The third-order valence-electron chi connectivity index (χ3n) is 4.38. The molecule has 26 heavy (non-hydrogen) atoms. The van der Waals surface area contributed by atoms with Crippen LogP contribution < -0.4 is 9.80 Å². The first-order chi connectivity index (χ1) is 12.3. The molecule has 140 valence electrons. The van der Waals surface area contributed by atoms with Gasteiger partial charge in [-0.1, -0.05) is 0 Å². The van der Waals surface area contributed by atoms with Crippen LogP contribution >= 0.6 is 0 Å². The molecule has 2 heterocycles. The van der Waals surface area contributed by atoms with Crippen molar-refractivity contribution in [3.05, 3.63) is 23.8 Å². The number of hydrazone groups is 1. The maximum atomic E-state index is 14.6. The number of rotatable bonds is 3. The number of hydrogen-bond donors (Lipinski definition) is 0. The third kappa shape index (κ3) is 3.26. The fourth-order valence-corrected chi connectivity index (χ4v) is 2.73. The van der Waals surface area contributed by atoms with E-state index in [1.807, 2.05) is 0 Å². The molecule has 0 bridgehead atoms. The monoisotopic (exact) mass is 367 g/mol. The molecule has 10 heteroatoms. The Bertz CT molecular complexity index is 749. The van der Waals surface area contributed by atoms with Gasteiger partial charge >= 0.3 is 6.09 Å². The van der Waals surface area contributed by atoms with Gasteiger partial charge < -0.3 is 14.5 Å². The van der Waals surface area contributed by atoms with Crippen molar-refractivity contribution in [2.24, 2.45) is 5.10 Å². The molecule has 2 aliphatic rings. The maximum absolute atomic E-state index is 14.6. The van der Waals surface area contributed by atoms with Crippen LogP contribution in [-0.4, -0.2) is 68.2 Å². The van der Waals surface area contributed by atoms with Gasteiger partial charge in [-0.05, 0) is 0 Å². The lowest BCUT2D eigenvalue weighted by atomic mass is 10.2. The quantitative estimate of drug-likeness (QED) is 0.808. The van der Waals surface area contributed by atoms with Gasteiger partial charge in [-0.15, -0.1) is 0 Å². The summed E-state index contributed by atoms with van der Waals surface area (Å²) < 4.78 is 34.2. The smallest absolute Gasteiger partial charge is 0.416 e. The number of amides is 2. The summed E-state index contributed by atoms with van der Waals surface area (Å²) in [5.74, 6) is -1.91. The topological polar surface area (TPSA) is 68.7 Å². The lowest BCUT2D eigenvalue weighted by Crippen LogP contribution is -2.38. The molecule has 2 aliphatic heterocycles. The van der Waals surface area contributed by atoms with Gasteiger partial charge in [0.15, 0.2) is 17.9 Å². The molecule has 0 aromatic heterocycles. The van der Waals surface area contributed by atoms with E-state index in [0.717, 1.165) is 17.0 Å². The summed E-state index contributed by atoms with van der Waals surface area (Å²) in [4.78, 5) is 27.2. The molecule has 1 aromatic rings. The highest BCUT2D eigenvalue weighted by atomic mass is 19.1. The highest BCUT2D eigenvalue weighted by Crippen LogP contribution is 2.31. The Labute approximate surface area is 149 Å². The molecule has 1 fully saturated rings. The largest absolute Gasteiger partial charge is 0.423 e. The fraction of sp³-hybridized carbons (Fsp3) is 0.438. The van der Waals surface area contributed by atoms with Crippen molar-refractivity contribution in [3.63, 3.8) is 0 Å². The van der Waals surface area contributed by atoms with E-state index in [-0.39, 0.29) is 23.8 Å². The summed E-state index contributed by atoms with van der Waals surface area (Å²) in [7, 11) is 3.25. The summed E-state index contributed by atoms with van der Waals surface area (Å²) in [5.41, 5.74) is -0.199. The van der Waals surface area contributed by atoms with Gasteiger partial charge in [0.05, 0.1) is 18.8 Å². The average molecular weight is 367 g/mol. The number of nitrogens with zero attached hydrogens (tertiary/aromatic N) is 5. The van der Waals surface area contributed by atoms with Gasteiger partial charge in [-0.3, -0.25) is 14.7 Å². The fourth-order valence-electron chi connectivity index (χ4n) is 2.73. The van der Waals surface area contributed by atoms with Crippen LogP contribution in [-0.2, 0) is 9.53 Å². The van der Waals surface area contributed by atoms with Crippen LogP contribution in [0, 0.1) is 11.6 Å². The summed E-state index contributed by atoms with van der Waals surface area (Å²) in [6, 6.07) is 2.14. The van der Waals surface area contributed by atoms with E-state index in [2.05, 4.69) is 5.10 Å². The van der Waals surface area contributed by atoms with Crippen molar-refractivity contribution in [1.29, 1.82) is 0 Å². The number of hydrogen-bond acceptors (Lipinski definition) is 6. The van der Waals surface area contributed by atoms with Crippen LogP contribution in [0.1, 0.15) is 6.92 Å². The number of ether oxygens (including phenoxy) is 1. The third-order valence-corrected chi connectivity index (χ3v) is 4.38. The Morgan fingerprint density at radius 2 is 1.96 bits per heavy atom. The van der Waals surface area contributed by atoms with Crippen molar-refractivity contribution in [2.45, 2.75) is 13.2 Å². The maximum Gasteiger partial charge on any atom is 0.416 e. The van der Waals surface area contributed by atoms with Crippen molar-refractivity contribution in [1.82, 2.24) is 9.91 Å². The normalized spacial score (nSPS) is 19.8. The summed E-state index contributed by atoms with van der Waals surface area (Å²) in [6.45, 7) is 2.23. The van der Waals surface area contributed by atoms with E-state index in [1.54, 1.807) is 12.1 Å². The number of halogens is 2. The van der Waals surface area contributed by atoms with Crippen LogP contribution in [0.4, 0.5) is 25.0 Å². The van der Waals surface area contributed by atoms with E-state index in [0.29, 0.717) is 13.1 Å². The van der Waals surface area contributed by atoms with E-state index in [9.17, 15) is 18.4 Å². The Morgan fingerprint density at radius 3 is 2.50 bits per heavy atom. The molecule has 0 unspecified atom stereocenters. The van der Waals surface area contributed by atoms with Crippen LogP contribution in [0.15, 0.2) is 17.2 Å². The standard InChI is InChI=1S/C16H19F2N5O3/c1-10(24)21(3)14-8-23(16(25)26-14)11-6-12(17)15(13(18)7-11)22-5-4-20(2)19-9-22/h6-7,9,14H,4-5,8H2,1-3H3/t14-/m0/s1. The van der Waals surface area contributed by atoms with Crippen LogP contribution in [0.3, 0.4) is 0 Å². The first-order valence-corrected chi connectivity index (χ1v) is 8.00. The van der Waals surface area contributed by atoms with Gasteiger partial charge in [-0.2, -0.15) is 5.10 Å². The number of carbonyl (C=O) groups is 2. The van der Waals surface area contributed by atoms with Crippen molar-refractivity contribution >= 4 is 29.7 Å². The van der Waals surface area contributed by atoms with Crippen molar-refractivity contribution in [3.8, 4) is 0 Å². The highest BCUT2D eigenvalue weighted by Gasteiger charge is 2.36. The van der Waals surface area contributed by atoms with Crippen LogP contribution in [0.5, 0.6) is 0 Å². The second-order valence-corrected chi connectivity index (χ2v) is 6.14. The molecule has 0 radical (unpaired) electrons.